The molecule has 0 aromatic heterocycles. The van der Waals surface area contributed by atoms with Crippen LogP contribution in [0.4, 0.5) is 5.69 Å². The van der Waals surface area contributed by atoms with E-state index < -0.39 is 17.7 Å². The van der Waals surface area contributed by atoms with Gasteiger partial charge < -0.3 is 19.9 Å². The summed E-state index contributed by atoms with van der Waals surface area (Å²) in [7, 11) is 0. The summed E-state index contributed by atoms with van der Waals surface area (Å²) in [4.78, 5) is 25.5. The van der Waals surface area contributed by atoms with Gasteiger partial charge in [0, 0.05) is 11.3 Å². The molecule has 3 aromatic carbocycles. The average molecular weight is 502 g/mol. The number of fused-ring (bicyclic) bond motifs is 1. The molecule has 1 heterocycles. The van der Waals surface area contributed by atoms with Crippen LogP contribution < -0.4 is 10.1 Å². The molecule has 3 aromatic rings. The van der Waals surface area contributed by atoms with Crippen molar-refractivity contribution in [2.24, 2.45) is 0 Å². The number of amides is 1. The highest BCUT2D eigenvalue weighted by atomic mass is 16.5. The van der Waals surface area contributed by atoms with Crippen LogP contribution >= 0.6 is 0 Å². The molecule has 6 nitrogen and oxygen atoms in total. The molecule has 0 aliphatic carbocycles. The monoisotopic (exact) mass is 501 g/mol. The molecule has 1 amide bonds. The number of carbonyl (C=O) groups excluding carboxylic acids is 1. The Balaban J connectivity index is 1.83. The van der Waals surface area contributed by atoms with Crippen LogP contribution in [0.3, 0.4) is 0 Å². The number of carbonyl (C=O) groups is 2. The van der Waals surface area contributed by atoms with E-state index in [4.69, 9.17) is 9.47 Å². The van der Waals surface area contributed by atoms with E-state index in [1.165, 1.54) is 0 Å². The fraction of sp³-hybridized carbons (Fsp3) is 0.355. The van der Waals surface area contributed by atoms with Gasteiger partial charge in [0.05, 0.1) is 18.6 Å². The lowest BCUT2D eigenvalue weighted by atomic mass is 9.86. The molecule has 6 heteroatoms. The lowest BCUT2D eigenvalue weighted by Crippen LogP contribution is -2.29. The van der Waals surface area contributed by atoms with Crippen LogP contribution in [0.1, 0.15) is 61.1 Å². The highest BCUT2D eigenvalue weighted by Gasteiger charge is 2.32. The van der Waals surface area contributed by atoms with E-state index in [0.29, 0.717) is 23.4 Å². The summed E-state index contributed by atoms with van der Waals surface area (Å²) in [6.45, 7) is 10.0. The van der Waals surface area contributed by atoms with Crippen LogP contribution in [0, 0.1) is 13.8 Å². The standard InChI is InChI=1S/C31H35NO5/c1-19-16-24(32-26(33)17-21-10-7-6-8-11-21)20(2)28(29(30(34)35)37-31(3,4)5)27(19)23-13-14-25-22(18-23)12-9-15-36-25/h6-8,10-11,13-14,16,18,29H,9,12,15,17H2,1-5H3,(H,32,33)(H,34,35). The first kappa shape index (κ1) is 26.4. The fourth-order valence-electron chi connectivity index (χ4n) is 4.86. The van der Waals surface area contributed by atoms with Gasteiger partial charge in [0.25, 0.3) is 0 Å². The molecule has 1 aliphatic heterocycles. The van der Waals surface area contributed by atoms with Crippen LogP contribution in [0.25, 0.3) is 11.1 Å². The van der Waals surface area contributed by atoms with E-state index in [1.54, 1.807) is 0 Å². The first-order chi connectivity index (χ1) is 17.5. The summed E-state index contributed by atoms with van der Waals surface area (Å²) in [6.07, 6.45) is 0.859. The van der Waals surface area contributed by atoms with Gasteiger partial charge in [-0.05, 0) is 99.0 Å². The largest absolute Gasteiger partial charge is 0.493 e. The number of aryl methyl sites for hydroxylation is 2. The van der Waals surface area contributed by atoms with Crippen LogP contribution in [0.5, 0.6) is 5.75 Å². The predicted molar refractivity (Wildman–Crippen MR) is 145 cm³/mol. The number of ether oxygens (including phenoxy) is 2. The maximum atomic E-state index is 12.9. The summed E-state index contributed by atoms with van der Waals surface area (Å²) >= 11 is 0. The molecule has 0 saturated heterocycles. The molecule has 4 rings (SSSR count). The molecule has 0 bridgehead atoms. The second-order valence-corrected chi connectivity index (χ2v) is 10.6. The summed E-state index contributed by atoms with van der Waals surface area (Å²) in [5.41, 5.74) is 5.70. The lowest BCUT2D eigenvalue weighted by molar-refractivity contribution is -0.160. The van der Waals surface area contributed by atoms with Crippen molar-refractivity contribution in [1.29, 1.82) is 0 Å². The molecule has 1 unspecified atom stereocenters. The average Bonchev–Trinajstić information content (AvgIpc) is 2.84. The Bertz CT molecular complexity index is 1310. The number of anilines is 1. The molecule has 0 radical (unpaired) electrons. The van der Waals surface area contributed by atoms with E-state index in [-0.39, 0.29) is 12.3 Å². The third-order valence-electron chi connectivity index (χ3n) is 6.47. The SMILES string of the molecule is Cc1cc(NC(=O)Cc2ccccc2)c(C)c(C(OC(C)(C)C)C(=O)O)c1-c1ccc2c(c1)CCCO2. The van der Waals surface area contributed by atoms with Crippen LogP contribution in [0.15, 0.2) is 54.6 Å². The van der Waals surface area contributed by atoms with Gasteiger partial charge in [-0.1, -0.05) is 36.4 Å². The van der Waals surface area contributed by atoms with Crippen molar-refractivity contribution in [3.05, 3.63) is 82.4 Å². The zero-order valence-corrected chi connectivity index (χ0v) is 22.2. The minimum Gasteiger partial charge on any atom is -0.493 e. The third-order valence-corrected chi connectivity index (χ3v) is 6.47. The van der Waals surface area contributed by atoms with Crippen molar-refractivity contribution in [2.45, 2.75) is 65.6 Å². The maximum Gasteiger partial charge on any atom is 0.337 e. The predicted octanol–water partition coefficient (Wildman–Crippen LogP) is 6.42. The minimum atomic E-state index is -1.22. The quantitative estimate of drug-likeness (QED) is 0.390. The first-order valence-electron chi connectivity index (χ1n) is 12.7. The zero-order valence-electron chi connectivity index (χ0n) is 22.2. The summed E-state index contributed by atoms with van der Waals surface area (Å²) in [5.74, 6) is -0.369. The van der Waals surface area contributed by atoms with Crippen molar-refractivity contribution in [3.8, 4) is 16.9 Å². The molecular weight excluding hydrogens is 466 g/mol. The highest BCUT2D eigenvalue weighted by Crippen LogP contribution is 2.42. The maximum absolute atomic E-state index is 12.9. The fourth-order valence-corrected chi connectivity index (χ4v) is 4.86. The molecule has 0 fully saturated rings. The molecule has 194 valence electrons. The second-order valence-electron chi connectivity index (χ2n) is 10.6. The Morgan fingerprint density at radius 3 is 2.49 bits per heavy atom. The van der Waals surface area contributed by atoms with Gasteiger partial charge in [0.15, 0.2) is 6.10 Å². The highest BCUT2D eigenvalue weighted by molar-refractivity contribution is 5.95. The van der Waals surface area contributed by atoms with E-state index >= 15 is 0 Å². The van der Waals surface area contributed by atoms with Crippen LogP contribution in [-0.4, -0.2) is 29.2 Å². The van der Waals surface area contributed by atoms with Crippen molar-refractivity contribution in [2.75, 3.05) is 11.9 Å². The van der Waals surface area contributed by atoms with Crippen molar-refractivity contribution >= 4 is 17.6 Å². The number of aliphatic carboxylic acids is 1. The Labute approximate surface area is 218 Å². The van der Waals surface area contributed by atoms with Crippen LogP contribution in [-0.2, 0) is 27.2 Å². The van der Waals surface area contributed by atoms with E-state index in [1.807, 2.05) is 83.1 Å². The number of carboxylic acid groups (broad SMARTS) is 1. The molecule has 2 N–H and O–H groups in total. The molecule has 0 saturated carbocycles. The molecular formula is C31H35NO5. The Kier molecular flexibility index (Phi) is 7.69. The van der Waals surface area contributed by atoms with Gasteiger partial charge in [-0.3, -0.25) is 4.79 Å². The summed E-state index contributed by atoms with van der Waals surface area (Å²) < 4.78 is 11.9. The Morgan fingerprint density at radius 1 is 1.08 bits per heavy atom. The Hall–Kier alpha value is -3.64. The van der Waals surface area contributed by atoms with E-state index in [0.717, 1.165) is 46.4 Å². The zero-order chi connectivity index (χ0) is 26.7. The van der Waals surface area contributed by atoms with Crippen molar-refractivity contribution < 1.29 is 24.2 Å². The minimum absolute atomic E-state index is 0.165. The second kappa shape index (κ2) is 10.8. The van der Waals surface area contributed by atoms with E-state index in [2.05, 4.69) is 11.4 Å². The number of benzene rings is 3. The normalized spacial score (nSPS) is 13.9. The van der Waals surface area contributed by atoms with Gasteiger partial charge in [0.2, 0.25) is 5.91 Å². The third kappa shape index (κ3) is 6.20. The molecule has 0 spiro atoms. The Morgan fingerprint density at radius 2 is 1.81 bits per heavy atom. The first-order valence-corrected chi connectivity index (χ1v) is 12.7. The number of hydrogen-bond acceptors (Lipinski definition) is 4. The van der Waals surface area contributed by atoms with Gasteiger partial charge in [-0.15, -0.1) is 0 Å². The van der Waals surface area contributed by atoms with Gasteiger partial charge in [-0.25, -0.2) is 4.79 Å². The molecule has 1 aliphatic rings. The number of carboxylic acids is 1. The topological polar surface area (TPSA) is 84.9 Å². The number of hydrogen-bond donors (Lipinski definition) is 2. The molecule has 37 heavy (non-hydrogen) atoms. The number of rotatable bonds is 7. The number of nitrogens with one attached hydrogen (secondary N) is 1. The van der Waals surface area contributed by atoms with Crippen LogP contribution in [0.2, 0.25) is 0 Å². The van der Waals surface area contributed by atoms with E-state index in [9.17, 15) is 14.7 Å². The molecule has 1 atom stereocenters. The van der Waals surface area contributed by atoms with Crippen molar-refractivity contribution in [1.82, 2.24) is 0 Å². The smallest absolute Gasteiger partial charge is 0.337 e. The van der Waals surface area contributed by atoms with Gasteiger partial charge in [0.1, 0.15) is 5.75 Å². The summed E-state index contributed by atoms with van der Waals surface area (Å²) in [6, 6.07) is 17.5. The lowest BCUT2D eigenvalue weighted by Gasteiger charge is -2.30. The van der Waals surface area contributed by atoms with Gasteiger partial charge in [-0.2, -0.15) is 0 Å². The van der Waals surface area contributed by atoms with Gasteiger partial charge >= 0.3 is 5.97 Å². The summed E-state index contributed by atoms with van der Waals surface area (Å²) in [5, 5.41) is 13.3. The van der Waals surface area contributed by atoms with Crippen molar-refractivity contribution in [3.63, 3.8) is 0 Å².